The van der Waals surface area contributed by atoms with Crippen molar-refractivity contribution in [1.29, 1.82) is 5.26 Å². The summed E-state index contributed by atoms with van der Waals surface area (Å²) in [6, 6.07) is 8.68. The summed E-state index contributed by atoms with van der Waals surface area (Å²) in [5, 5.41) is 11.8. The van der Waals surface area contributed by atoms with Crippen LogP contribution in [0, 0.1) is 11.3 Å². The van der Waals surface area contributed by atoms with E-state index in [0.29, 0.717) is 31.5 Å². The standard InChI is InChI=1S/C21H26N4O3/c1-2-12-24(14-17-8-6-16(13-22)7-9-17)18(26)15-25-19(27)21(23-20(25)28)10-4-3-5-11-21/h6-9H,2-5,10-12,14-15H2,1H3,(H,23,28). The van der Waals surface area contributed by atoms with Gasteiger partial charge in [0.2, 0.25) is 5.91 Å². The largest absolute Gasteiger partial charge is 0.337 e. The van der Waals surface area contributed by atoms with Crippen LogP contribution in [0.4, 0.5) is 4.79 Å². The molecule has 1 aromatic rings. The van der Waals surface area contributed by atoms with Crippen LogP contribution in [0.25, 0.3) is 0 Å². The Morgan fingerprint density at radius 1 is 1.21 bits per heavy atom. The van der Waals surface area contributed by atoms with Crippen LogP contribution >= 0.6 is 0 Å². The molecule has 1 aliphatic carbocycles. The van der Waals surface area contributed by atoms with Gasteiger partial charge in [-0.2, -0.15) is 5.26 Å². The number of imide groups is 1. The number of nitriles is 1. The SMILES string of the molecule is CCCN(Cc1ccc(C#N)cc1)C(=O)CN1C(=O)NC2(CCCCC2)C1=O. The zero-order chi connectivity index (χ0) is 20.1. The Balaban J connectivity index is 1.68. The van der Waals surface area contributed by atoms with Gasteiger partial charge >= 0.3 is 6.03 Å². The van der Waals surface area contributed by atoms with Gasteiger partial charge in [-0.3, -0.25) is 14.5 Å². The van der Waals surface area contributed by atoms with E-state index in [2.05, 4.69) is 11.4 Å². The molecule has 1 aliphatic heterocycles. The second-order valence-electron chi connectivity index (χ2n) is 7.59. The van der Waals surface area contributed by atoms with E-state index >= 15 is 0 Å². The molecule has 0 bridgehead atoms. The van der Waals surface area contributed by atoms with E-state index in [1.807, 2.05) is 19.1 Å². The van der Waals surface area contributed by atoms with Gasteiger partial charge in [0.15, 0.2) is 0 Å². The second-order valence-corrected chi connectivity index (χ2v) is 7.59. The van der Waals surface area contributed by atoms with Crippen LogP contribution in [-0.4, -0.2) is 46.3 Å². The molecule has 1 saturated carbocycles. The lowest BCUT2D eigenvalue weighted by atomic mass is 9.82. The van der Waals surface area contributed by atoms with Crippen LogP contribution in [0.5, 0.6) is 0 Å². The third-order valence-corrected chi connectivity index (χ3v) is 5.55. The number of benzene rings is 1. The Kier molecular flexibility index (Phi) is 5.98. The van der Waals surface area contributed by atoms with E-state index in [1.165, 1.54) is 0 Å². The van der Waals surface area contributed by atoms with Crippen LogP contribution in [0.1, 0.15) is 56.6 Å². The van der Waals surface area contributed by atoms with Gasteiger partial charge in [-0.05, 0) is 37.0 Å². The van der Waals surface area contributed by atoms with Crippen molar-refractivity contribution in [3.8, 4) is 6.07 Å². The van der Waals surface area contributed by atoms with Crippen LogP contribution in [0.2, 0.25) is 0 Å². The number of nitrogens with zero attached hydrogens (tertiary/aromatic N) is 3. The van der Waals surface area contributed by atoms with Crippen LogP contribution in [0.3, 0.4) is 0 Å². The van der Waals surface area contributed by atoms with Crippen molar-refractivity contribution in [3.63, 3.8) is 0 Å². The van der Waals surface area contributed by atoms with Gasteiger partial charge in [0.25, 0.3) is 5.91 Å². The molecule has 0 atom stereocenters. The van der Waals surface area contributed by atoms with E-state index in [4.69, 9.17) is 5.26 Å². The zero-order valence-electron chi connectivity index (χ0n) is 16.2. The van der Waals surface area contributed by atoms with Crippen molar-refractivity contribution >= 4 is 17.8 Å². The summed E-state index contributed by atoms with van der Waals surface area (Å²) in [7, 11) is 0. The molecule has 148 valence electrons. The first-order valence-corrected chi connectivity index (χ1v) is 9.90. The molecule has 1 aromatic carbocycles. The average Bonchev–Trinajstić information content (AvgIpc) is 2.92. The Morgan fingerprint density at radius 2 is 1.89 bits per heavy atom. The summed E-state index contributed by atoms with van der Waals surface area (Å²) in [4.78, 5) is 40.9. The number of amides is 4. The first kappa shape index (κ1) is 19.9. The average molecular weight is 382 g/mol. The zero-order valence-corrected chi connectivity index (χ0v) is 16.2. The number of carbonyl (C=O) groups is 3. The number of urea groups is 1. The molecule has 1 spiro atoms. The normalized spacial score (nSPS) is 18.1. The maximum Gasteiger partial charge on any atom is 0.325 e. The van der Waals surface area contributed by atoms with Gasteiger partial charge in [-0.15, -0.1) is 0 Å². The van der Waals surface area contributed by atoms with Crippen molar-refractivity contribution in [1.82, 2.24) is 15.1 Å². The summed E-state index contributed by atoms with van der Waals surface area (Å²) < 4.78 is 0. The molecule has 0 unspecified atom stereocenters. The van der Waals surface area contributed by atoms with Crippen molar-refractivity contribution in [2.24, 2.45) is 0 Å². The Labute approximate surface area is 165 Å². The molecule has 4 amide bonds. The van der Waals surface area contributed by atoms with E-state index in [9.17, 15) is 14.4 Å². The first-order chi connectivity index (χ1) is 13.5. The predicted molar refractivity (Wildman–Crippen MR) is 103 cm³/mol. The molecule has 7 nitrogen and oxygen atoms in total. The third kappa shape index (κ3) is 4.01. The molecule has 0 radical (unpaired) electrons. The van der Waals surface area contributed by atoms with E-state index < -0.39 is 11.6 Å². The highest BCUT2D eigenvalue weighted by Gasteiger charge is 2.51. The highest BCUT2D eigenvalue weighted by Crippen LogP contribution is 2.33. The minimum absolute atomic E-state index is 0.233. The van der Waals surface area contributed by atoms with E-state index in [0.717, 1.165) is 36.1 Å². The smallest absolute Gasteiger partial charge is 0.325 e. The predicted octanol–water partition coefficient (Wildman–Crippen LogP) is 2.55. The van der Waals surface area contributed by atoms with Crippen LogP contribution in [0.15, 0.2) is 24.3 Å². The number of nitrogens with one attached hydrogen (secondary N) is 1. The molecular formula is C21H26N4O3. The quantitative estimate of drug-likeness (QED) is 0.765. The van der Waals surface area contributed by atoms with Crippen molar-refractivity contribution in [3.05, 3.63) is 35.4 Å². The highest BCUT2D eigenvalue weighted by molar-refractivity contribution is 6.09. The molecule has 3 rings (SSSR count). The summed E-state index contributed by atoms with van der Waals surface area (Å²) in [6.07, 6.45) is 4.95. The van der Waals surface area contributed by atoms with Gasteiger partial charge in [-0.1, -0.05) is 38.3 Å². The highest BCUT2D eigenvalue weighted by atomic mass is 16.2. The van der Waals surface area contributed by atoms with E-state index in [-0.39, 0.29) is 18.4 Å². The molecular weight excluding hydrogens is 356 g/mol. The van der Waals surface area contributed by atoms with Gasteiger partial charge in [0, 0.05) is 13.1 Å². The first-order valence-electron chi connectivity index (χ1n) is 9.90. The van der Waals surface area contributed by atoms with Crippen molar-refractivity contribution in [2.75, 3.05) is 13.1 Å². The topological polar surface area (TPSA) is 93.5 Å². The lowest BCUT2D eigenvalue weighted by Gasteiger charge is -2.30. The third-order valence-electron chi connectivity index (χ3n) is 5.55. The minimum Gasteiger partial charge on any atom is -0.337 e. The van der Waals surface area contributed by atoms with Crippen LogP contribution < -0.4 is 5.32 Å². The molecule has 1 N–H and O–H groups in total. The molecule has 7 heteroatoms. The summed E-state index contributed by atoms with van der Waals surface area (Å²) in [6.45, 7) is 2.66. The maximum absolute atomic E-state index is 12.9. The molecule has 1 saturated heterocycles. The monoisotopic (exact) mass is 382 g/mol. The van der Waals surface area contributed by atoms with E-state index in [1.54, 1.807) is 17.0 Å². The fourth-order valence-corrected chi connectivity index (χ4v) is 4.02. The lowest BCUT2D eigenvalue weighted by Crippen LogP contribution is -2.49. The van der Waals surface area contributed by atoms with Gasteiger partial charge < -0.3 is 10.2 Å². The maximum atomic E-state index is 12.9. The number of rotatable bonds is 6. The Hall–Kier alpha value is -2.88. The Bertz CT molecular complexity index is 791. The minimum atomic E-state index is -0.807. The summed E-state index contributed by atoms with van der Waals surface area (Å²) >= 11 is 0. The van der Waals surface area contributed by atoms with Gasteiger partial charge in [0.1, 0.15) is 12.1 Å². The number of hydrogen-bond donors (Lipinski definition) is 1. The summed E-state index contributed by atoms with van der Waals surface area (Å²) in [5.41, 5.74) is 0.661. The van der Waals surface area contributed by atoms with Gasteiger partial charge in [0.05, 0.1) is 11.6 Å². The van der Waals surface area contributed by atoms with Crippen molar-refractivity contribution < 1.29 is 14.4 Å². The fourth-order valence-electron chi connectivity index (χ4n) is 4.02. The number of hydrogen-bond acceptors (Lipinski definition) is 4. The molecule has 2 aliphatic rings. The fraction of sp³-hybridized carbons (Fsp3) is 0.524. The lowest BCUT2D eigenvalue weighted by molar-refractivity contribution is -0.139. The van der Waals surface area contributed by atoms with Crippen LogP contribution in [-0.2, 0) is 16.1 Å². The molecule has 28 heavy (non-hydrogen) atoms. The summed E-state index contributed by atoms with van der Waals surface area (Å²) in [5.74, 6) is -0.511. The molecule has 1 heterocycles. The Morgan fingerprint density at radius 3 is 2.50 bits per heavy atom. The second kappa shape index (κ2) is 8.42. The number of carbonyl (C=O) groups excluding carboxylic acids is 3. The van der Waals surface area contributed by atoms with Crippen molar-refractivity contribution in [2.45, 2.75) is 57.5 Å². The molecule has 0 aromatic heterocycles. The van der Waals surface area contributed by atoms with Gasteiger partial charge in [-0.25, -0.2) is 4.79 Å². The molecule has 2 fully saturated rings.